The molecule has 0 spiro atoms. The fourth-order valence-electron chi connectivity index (χ4n) is 1.49. The highest BCUT2D eigenvalue weighted by Gasteiger charge is 2.13. The number of anilines is 1. The third kappa shape index (κ3) is 4.05. The second-order valence-corrected chi connectivity index (χ2v) is 4.55. The quantitative estimate of drug-likeness (QED) is 0.934. The molecule has 0 unspecified atom stereocenters. The van der Waals surface area contributed by atoms with Crippen LogP contribution in [0.25, 0.3) is 0 Å². The molecule has 0 aliphatic rings. The lowest BCUT2D eigenvalue weighted by Gasteiger charge is -2.08. The minimum Gasteiger partial charge on any atom is -0.479 e. The van der Waals surface area contributed by atoms with Gasteiger partial charge in [-0.2, -0.15) is 5.26 Å². The molecular weight excluding hydrogens is 315 g/mol. The first-order valence-electron chi connectivity index (χ1n) is 5.70. The highest BCUT2D eigenvalue weighted by Crippen LogP contribution is 2.20. The van der Waals surface area contributed by atoms with Gasteiger partial charge in [-0.05, 0) is 18.2 Å². The number of halogens is 2. The van der Waals surface area contributed by atoms with E-state index in [-0.39, 0.29) is 22.5 Å². The highest BCUT2D eigenvalue weighted by molar-refractivity contribution is 6.34. The Morgan fingerprint density at radius 3 is 2.90 bits per heavy atom. The first-order chi connectivity index (χ1) is 10.1. The van der Waals surface area contributed by atoms with E-state index >= 15 is 0 Å². The number of aromatic nitrogens is 2. The number of benzene rings is 1. The van der Waals surface area contributed by atoms with E-state index in [4.69, 9.17) is 33.2 Å². The van der Waals surface area contributed by atoms with E-state index in [9.17, 15) is 4.79 Å². The molecule has 0 aliphatic heterocycles. The number of rotatable bonds is 4. The number of hydrogen-bond donors (Lipinski definition) is 1. The van der Waals surface area contributed by atoms with Crippen LogP contribution in [-0.4, -0.2) is 22.7 Å². The molecule has 1 amide bonds. The molecule has 0 atom stereocenters. The van der Waals surface area contributed by atoms with Gasteiger partial charge in [0.2, 0.25) is 0 Å². The molecule has 1 N–H and O–H groups in total. The Hall–Kier alpha value is -2.36. The van der Waals surface area contributed by atoms with Crippen molar-refractivity contribution < 1.29 is 9.53 Å². The monoisotopic (exact) mass is 322 g/mol. The molecule has 0 saturated heterocycles. The van der Waals surface area contributed by atoms with Gasteiger partial charge in [0.1, 0.15) is 11.8 Å². The third-order valence-electron chi connectivity index (χ3n) is 2.36. The van der Waals surface area contributed by atoms with Crippen molar-refractivity contribution in [3.63, 3.8) is 0 Å². The van der Waals surface area contributed by atoms with E-state index in [2.05, 4.69) is 15.5 Å². The number of carbonyl (C=O) groups is 1. The van der Waals surface area contributed by atoms with Crippen LogP contribution < -0.4 is 10.1 Å². The van der Waals surface area contributed by atoms with Gasteiger partial charge in [0.15, 0.2) is 16.9 Å². The summed E-state index contributed by atoms with van der Waals surface area (Å²) in [7, 11) is 0. The molecule has 0 saturated carbocycles. The summed E-state index contributed by atoms with van der Waals surface area (Å²) in [6, 6.07) is 9.79. The zero-order valence-corrected chi connectivity index (χ0v) is 12.0. The minimum atomic E-state index is -0.478. The molecule has 0 fully saturated rings. The Labute approximate surface area is 130 Å². The molecule has 21 heavy (non-hydrogen) atoms. The average molecular weight is 323 g/mol. The van der Waals surface area contributed by atoms with Gasteiger partial charge in [-0.15, -0.1) is 10.2 Å². The lowest BCUT2D eigenvalue weighted by molar-refractivity contribution is 0.102. The second kappa shape index (κ2) is 6.88. The van der Waals surface area contributed by atoms with Crippen LogP contribution in [0.15, 0.2) is 30.3 Å². The van der Waals surface area contributed by atoms with Crippen molar-refractivity contribution in [2.24, 2.45) is 0 Å². The van der Waals surface area contributed by atoms with E-state index in [0.717, 1.165) is 0 Å². The van der Waals surface area contributed by atoms with E-state index < -0.39 is 5.91 Å². The van der Waals surface area contributed by atoms with Gasteiger partial charge in [-0.3, -0.25) is 4.79 Å². The standard InChI is InChI=1S/C13H8Cl2N4O2/c14-11-7-10(12(15)19-18-11)13(20)17-8-2-1-3-9(6-8)21-5-4-16/h1-3,6-7H,5H2,(H,17,20). The predicted octanol–water partition coefficient (Wildman–Crippen LogP) is 2.94. The van der Waals surface area contributed by atoms with Gasteiger partial charge >= 0.3 is 0 Å². The molecule has 2 aromatic rings. The number of nitrogens with one attached hydrogen (secondary N) is 1. The van der Waals surface area contributed by atoms with E-state index in [1.165, 1.54) is 6.07 Å². The summed E-state index contributed by atoms with van der Waals surface area (Å²) in [5, 5.41) is 18.2. The maximum absolute atomic E-state index is 12.1. The van der Waals surface area contributed by atoms with Crippen molar-refractivity contribution in [3.05, 3.63) is 46.2 Å². The fourth-order valence-corrected chi connectivity index (χ4v) is 1.82. The van der Waals surface area contributed by atoms with E-state index in [0.29, 0.717) is 11.4 Å². The van der Waals surface area contributed by atoms with Crippen LogP contribution in [0.3, 0.4) is 0 Å². The van der Waals surface area contributed by atoms with Crippen molar-refractivity contribution in [2.75, 3.05) is 11.9 Å². The lowest BCUT2D eigenvalue weighted by atomic mass is 10.2. The Kier molecular flexibility index (Phi) is 4.93. The van der Waals surface area contributed by atoms with Crippen LogP contribution >= 0.6 is 23.2 Å². The summed E-state index contributed by atoms with van der Waals surface area (Å²) in [6.07, 6.45) is 0. The fraction of sp³-hybridized carbons (Fsp3) is 0.0769. The first-order valence-corrected chi connectivity index (χ1v) is 6.45. The third-order valence-corrected chi connectivity index (χ3v) is 2.82. The summed E-state index contributed by atoms with van der Waals surface area (Å²) in [5.74, 6) is -0.0134. The number of carbonyl (C=O) groups excluding carboxylic acids is 1. The molecule has 1 aromatic heterocycles. The summed E-state index contributed by atoms with van der Waals surface area (Å²) in [6.45, 7) is -0.0763. The zero-order valence-electron chi connectivity index (χ0n) is 10.5. The average Bonchev–Trinajstić information content (AvgIpc) is 2.48. The van der Waals surface area contributed by atoms with Gasteiger partial charge in [0.05, 0.1) is 5.56 Å². The predicted molar refractivity (Wildman–Crippen MR) is 77.6 cm³/mol. The summed E-state index contributed by atoms with van der Waals surface area (Å²) in [4.78, 5) is 12.1. The van der Waals surface area contributed by atoms with Gasteiger partial charge in [0.25, 0.3) is 5.91 Å². The topological polar surface area (TPSA) is 87.9 Å². The number of hydrogen-bond acceptors (Lipinski definition) is 5. The largest absolute Gasteiger partial charge is 0.479 e. The number of nitrogens with zero attached hydrogens (tertiary/aromatic N) is 3. The molecule has 8 heteroatoms. The smallest absolute Gasteiger partial charge is 0.258 e. The number of ether oxygens (including phenoxy) is 1. The minimum absolute atomic E-state index is 0.0474. The molecule has 0 aliphatic carbocycles. The zero-order chi connectivity index (χ0) is 15.2. The van der Waals surface area contributed by atoms with E-state index in [1.54, 1.807) is 24.3 Å². The van der Waals surface area contributed by atoms with Gasteiger partial charge < -0.3 is 10.1 Å². The molecule has 1 heterocycles. The van der Waals surface area contributed by atoms with Crippen molar-refractivity contribution in [2.45, 2.75) is 0 Å². The Morgan fingerprint density at radius 1 is 1.33 bits per heavy atom. The maximum Gasteiger partial charge on any atom is 0.258 e. The molecule has 2 rings (SSSR count). The maximum atomic E-state index is 12.1. The molecule has 0 radical (unpaired) electrons. The number of nitriles is 1. The Bertz CT molecular complexity index is 716. The molecule has 106 valence electrons. The van der Waals surface area contributed by atoms with Crippen LogP contribution in [0, 0.1) is 11.3 Å². The lowest BCUT2D eigenvalue weighted by Crippen LogP contribution is -2.13. The second-order valence-electron chi connectivity index (χ2n) is 3.80. The Balaban J connectivity index is 2.16. The van der Waals surface area contributed by atoms with Gasteiger partial charge in [0, 0.05) is 11.8 Å². The summed E-state index contributed by atoms with van der Waals surface area (Å²) in [5.41, 5.74) is 0.597. The highest BCUT2D eigenvalue weighted by atomic mass is 35.5. The van der Waals surface area contributed by atoms with Crippen LogP contribution in [0.1, 0.15) is 10.4 Å². The van der Waals surface area contributed by atoms with Crippen molar-refractivity contribution in [1.82, 2.24) is 10.2 Å². The SMILES string of the molecule is N#CCOc1cccc(NC(=O)c2cc(Cl)nnc2Cl)c1. The van der Waals surface area contributed by atoms with Gasteiger partial charge in [-0.25, -0.2) is 0 Å². The van der Waals surface area contributed by atoms with Crippen LogP contribution in [0.2, 0.25) is 10.3 Å². The van der Waals surface area contributed by atoms with Gasteiger partial charge in [-0.1, -0.05) is 29.3 Å². The summed E-state index contributed by atoms with van der Waals surface area (Å²) >= 11 is 11.5. The van der Waals surface area contributed by atoms with Crippen molar-refractivity contribution in [3.8, 4) is 11.8 Å². The molecule has 0 bridgehead atoms. The first kappa shape index (κ1) is 15.0. The molecule has 6 nitrogen and oxygen atoms in total. The van der Waals surface area contributed by atoms with Crippen molar-refractivity contribution >= 4 is 34.8 Å². The normalized spacial score (nSPS) is 9.76. The van der Waals surface area contributed by atoms with E-state index in [1.807, 2.05) is 6.07 Å². The van der Waals surface area contributed by atoms with Crippen LogP contribution in [-0.2, 0) is 0 Å². The Morgan fingerprint density at radius 2 is 2.14 bits per heavy atom. The molecular formula is C13H8Cl2N4O2. The van der Waals surface area contributed by atoms with Crippen LogP contribution in [0.5, 0.6) is 5.75 Å². The molecule has 1 aromatic carbocycles. The van der Waals surface area contributed by atoms with Crippen molar-refractivity contribution in [1.29, 1.82) is 5.26 Å². The van der Waals surface area contributed by atoms with Crippen LogP contribution in [0.4, 0.5) is 5.69 Å². The number of amides is 1. The summed E-state index contributed by atoms with van der Waals surface area (Å²) < 4.78 is 5.14.